The first-order valence-electron chi connectivity index (χ1n) is 15.6. The molecule has 3 aliphatic carbocycles. The summed E-state index contributed by atoms with van der Waals surface area (Å²) in [6, 6.07) is 12.9. The van der Waals surface area contributed by atoms with Crippen molar-refractivity contribution in [3.63, 3.8) is 0 Å². The van der Waals surface area contributed by atoms with Crippen LogP contribution in [0.3, 0.4) is 0 Å². The molecule has 0 spiro atoms. The minimum absolute atomic E-state index is 0.673. The van der Waals surface area contributed by atoms with E-state index >= 15 is 0 Å². The number of anilines is 1. The zero-order valence-electron chi connectivity index (χ0n) is 25.8. The second-order valence-electron chi connectivity index (χ2n) is 11.9. The van der Waals surface area contributed by atoms with Gasteiger partial charge in [0.25, 0.3) is 5.01 Å². The molecule has 3 aromatic rings. The number of rotatable bonds is 7. The molecule has 0 bridgehead atoms. The van der Waals surface area contributed by atoms with Crippen molar-refractivity contribution in [2.24, 2.45) is 11.8 Å². The van der Waals surface area contributed by atoms with Crippen LogP contribution in [0.25, 0.3) is 16.3 Å². The van der Waals surface area contributed by atoms with Crippen LogP contribution in [0.15, 0.2) is 103 Å². The van der Waals surface area contributed by atoms with Gasteiger partial charge in [-0.25, -0.2) is 0 Å². The summed E-state index contributed by atoms with van der Waals surface area (Å²) in [5.41, 5.74) is 8.36. The topological polar surface area (TPSA) is 33.4 Å². The number of nitrogens with zero attached hydrogens (tertiary/aromatic N) is 2. The maximum absolute atomic E-state index is 12.1. The van der Waals surface area contributed by atoms with Crippen LogP contribution in [-0.4, -0.2) is 24.1 Å². The van der Waals surface area contributed by atoms with E-state index in [1.165, 1.54) is 84.4 Å². The average molecular weight is 660 g/mol. The third kappa shape index (κ3) is 5.84. The maximum atomic E-state index is 12.1. The molecule has 1 aromatic heterocycles. The number of thiazole rings is 1. The summed E-state index contributed by atoms with van der Waals surface area (Å²) in [5.74, 6) is 1.35. The Morgan fingerprint density at radius 3 is 2.64 bits per heavy atom. The van der Waals surface area contributed by atoms with E-state index < -0.39 is 10.8 Å². The number of aryl methyl sites for hydroxylation is 1. The first-order valence-corrected chi connectivity index (χ1v) is 19.5. The molecule has 7 rings (SSSR count). The van der Waals surface area contributed by atoms with Gasteiger partial charge in [-0.15, -0.1) is 0 Å². The number of benzene rings is 2. The quantitative estimate of drug-likeness (QED) is 0.186. The zero-order valence-corrected chi connectivity index (χ0v) is 29.1. The minimum atomic E-state index is -0.975. The lowest BCUT2D eigenvalue weighted by atomic mass is 9.69. The number of aromatic nitrogens is 1. The van der Waals surface area contributed by atoms with Crippen LogP contribution in [0.5, 0.6) is 0 Å². The van der Waals surface area contributed by atoms with E-state index in [9.17, 15) is 4.21 Å². The van der Waals surface area contributed by atoms with Crippen LogP contribution in [0.4, 0.5) is 5.69 Å². The van der Waals surface area contributed by atoms with Crippen molar-refractivity contribution in [2.45, 2.75) is 67.2 Å². The van der Waals surface area contributed by atoms with Gasteiger partial charge in [-0.2, -0.15) is 4.57 Å². The van der Waals surface area contributed by atoms with Crippen molar-refractivity contribution in [2.75, 3.05) is 24.8 Å². The smallest absolute Gasteiger partial charge is 0.263 e. The molecule has 2 heterocycles. The van der Waals surface area contributed by atoms with Gasteiger partial charge in [0.15, 0.2) is 0 Å². The third-order valence-corrected chi connectivity index (χ3v) is 13.0. The Bertz CT molecular complexity index is 1810. The lowest BCUT2D eigenvalue weighted by Gasteiger charge is -2.36. The van der Waals surface area contributed by atoms with Gasteiger partial charge in [-0.1, -0.05) is 41.3 Å². The van der Waals surface area contributed by atoms with Gasteiger partial charge >= 0.3 is 0 Å². The fourth-order valence-corrected chi connectivity index (χ4v) is 10.5. The molecule has 4 nitrogen and oxygen atoms in total. The van der Waals surface area contributed by atoms with Crippen LogP contribution in [0.1, 0.15) is 51.0 Å². The summed E-state index contributed by atoms with van der Waals surface area (Å²) in [7, 11) is 0.748. The Labute approximate surface area is 276 Å². The molecule has 44 heavy (non-hydrogen) atoms. The second-order valence-corrected chi connectivity index (χ2v) is 16.4. The van der Waals surface area contributed by atoms with Crippen LogP contribution in [-0.2, 0) is 21.5 Å². The predicted molar refractivity (Wildman–Crippen MR) is 189 cm³/mol. The monoisotopic (exact) mass is 659 g/mol. The van der Waals surface area contributed by atoms with Gasteiger partial charge in [0, 0.05) is 62.5 Å². The van der Waals surface area contributed by atoms with Gasteiger partial charge in [0.05, 0.1) is 17.8 Å². The Balaban J connectivity index is 1.17. The Hall–Kier alpha value is -2.36. The van der Waals surface area contributed by atoms with Crippen LogP contribution < -0.4 is 9.47 Å². The molecule has 0 fully saturated rings. The molecule has 0 saturated carbocycles. The molecule has 4 aliphatic rings. The Morgan fingerprint density at radius 1 is 1.05 bits per heavy atom. The van der Waals surface area contributed by atoms with E-state index in [4.69, 9.17) is 4.18 Å². The Kier molecular flexibility index (Phi) is 8.81. The Morgan fingerprint density at radius 2 is 1.86 bits per heavy atom. The highest BCUT2D eigenvalue weighted by Gasteiger charge is 2.32. The number of hydrogen-bond acceptors (Lipinski definition) is 6. The second kappa shape index (κ2) is 12.8. The largest absolute Gasteiger partial charge is 0.335 e. The minimum Gasteiger partial charge on any atom is -0.335 e. The summed E-state index contributed by atoms with van der Waals surface area (Å²) in [4.78, 5) is 5.67. The molecule has 8 heteroatoms. The molecule has 3 atom stereocenters. The van der Waals surface area contributed by atoms with E-state index in [1.54, 1.807) is 13.4 Å². The van der Waals surface area contributed by atoms with Crippen LogP contribution in [0.2, 0.25) is 0 Å². The van der Waals surface area contributed by atoms with Crippen molar-refractivity contribution >= 4 is 67.9 Å². The van der Waals surface area contributed by atoms with Crippen molar-refractivity contribution < 1.29 is 13.0 Å². The first kappa shape index (κ1) is 30.3. The van der Waals surface area contributed by atoms with Gasteiger partial charge in [-0.05, 0) is 116 Å². The summed E-state index contributed by atoms with van der Waals surface area (Å²) in [5, 5.41) is 2.61. The van der Waals surface area contributed by atoms with Crippen molar-refractivity contribution in [1.82, 2.24) is 0 Å². The first-order chi connectivity index (χ1) is 21.4. The summed E-state index contributed by atoms with van der Waals surface area (Å²) < 4.78 is 21.2. The van der Waals surface area contributed by atoms with Gasteiger partial charge in [-0.3, -0.25) is 4.21 Å². The zero-order chi connectivity index (χ0) is 30.4. The van der Waals surface area contributed by atoms with Crippen molar-refractivity contribution in [3.8, 4) is 0 Å². The predicted octanol–water partition coefficient (Wildman–Crippen LogP) is 9.46. The van der Waals surface area contributed by atoms with Gasteiger partial charge in [0.2, 0.25) is 5.52 Å². The van der Waals surface area contributed by atoms with Crippen LogP contribution >= 0.6 is 35.1 Å². The molecular formula is C36H39N2O2S4+. The van der Waals surface area contributed by atoms with E-state index in [1.807, 2.05) is 29.2 Å². The van der Waals surface area contributed by atoms with Gasteiger partial charge in [0.1, 0.15) is 11.2 Å². The lowest BCUT2D eigenvalue weighted by Crippen LogP contribution is -2.33. The average Bonchev–Trinajstić information content (AvgIpc) is 3.55. The van der Waals surface area contributed by atoms with E-state index in [0.29, 0.717) is 11.8 Å². The molecule has 0 saturated heterocycles. The van der Waals surface area contributed by atoms with Gasteiger partial charge < -0.3 is 9.08 Å². The molecule has 0 amide bonds. The van der Waals surface area contributed by atoms with E-state index in [0.717, 1.165) is 35.7 Å². The number of fused-ring (bicyclic) bond motifs is 4. The molecule has 228 valence electrons. The highest BCUT2D eigenvalue weighted by atomic mass is 32.2. The van der Waals surface area contributed by atoms with Crippen molar-refractivity contribution in [1.29, 1.82) is 0 Å². The highest BCUT2D eigenvalue weighted by Crippen LogP contribution is 2.49. The maximum Gasteiger partial charge on any atom is 0.263 e. The molecule has 0 radical (unpaired) electrons. The number of allylic oxidation sites excluding steroid dienone is 8. The SMILES string of the molecule is CCN1C(=CC2=CC3=CC4=CC(=Cc5sc6ccc(SOC)cc6[n+]5CC)CCC4CC3CC2)Sc2ccc(S(C)=O)cc21. The lowest BCUT2D eigenvalue weighted by molar-refractivity contribution is -0.665. The molecule has 1 aliphatic heterocycles. The van der Waals surface area contributed by atoms with E-state index in [-0.39, 0.29) is 0 Å². The standard InChI is InChI=1S/C36H39N2O2S4/c1-5-37-31-21-29(43-40-3)11-13-33(31)41-35(37)17-23-7-9-25-19-26-10-8-24(16-28(26)20-27(25)15-23)18-36-38(6-2)32-22-30(44(4)39)12-14-34(32)42-36/h11-18,20-22,25-26H,5-10,19H2,1-4H3/q+1. The fourth-order valence-electron chi connectivity index (χ4n) is 7.09. The number of hydrogen-bond donors (Lipinski definition) is 0. The highest BCUT2D eigenvalue weighted by molar-refractivity contribution is 8.03. The molecular weight excluding hydrogens is 621 g/mol. The molecule has 2 aromatic carbocycles. The van der Waals surface area contributed by atoms with Crippen LogP contribution in [0, 0.1) is 11.8 Å². The van der Waals surface area contributed by atoms with E-state index in [2.05, 4.69) is 84.0 Å². The summed E-state index contributed by atoms with van der Waals surface area (Å²) in [6.45, 7) is 6.29. The molecule has 0 N–H and O–H groups in total. The molecule has 3 unspecified atom stereocenters. The summed E-state index contributed by atoms with van der Waals surface area (Å²) in [6.07, 6.45) is 20.1. The van der Waals surface area contributed by atoms with Crippen molar-refractivity contribution in [3.05, 3.63) is 93.0 Å². The fraction of sp³-hybridized carbons (Fsp3) is 0.361. The third-order valence-electron chi connectivity index (χ3n) is 9.28. The number of thioether (sulfide) groups is 1. The normalized spacial score (nSPS) is 23.7. The summed E-state index contributed by atoms with van der Waals surface area (Å²) >= 11 is 5.15.